The minimum Gasteiger partial charge on any atom is -0.390 e. The number of hydrogen-bond acceptors (Lipinski definition) is 3. The van der Waals surface area contributed by atoms with Crippen LogP contribution in [0.15, 0.2) is 60.7 Å². The van der Waals surface area contributed by atoms with Crippen LogP contribution in [-0.4, -0.2) is 22.1 Å². The molecule has 0 aliphatic carbocycles. The molecule has 3 rings (SSSR count). The highest BCUT2D eigenvalue weighted by Gasteiger charge is 2.14. The number of aromatic nitrogens is 2. The first-order valence-electron chi connectivity index (χ1n) is 7.28. The van der Waals surface area contributed by atoms with Gasteiger partial charge in [0.1, 0.15) is 0 Å². The van der Waals surface area contributed by atoms with Gasteiger partial charge in [0.25, 0.3) is 0 Å². The predicted molar refractivity (Wildman–Crippen MR) is 88.5 cm³/mol. The van der Waals surface area contributed by atoms with Crippen molar-refractivity contribution in [2.24, 2.45) is 0 Å². The molecular formula is C18H19N3O. The van der Waals surface area contributed by atoms with Gasteiger partial charge in [0.15, 0.2) is 0 Å². The molecule has 3 aromatic rings. The number of rotatable bonds is 5. The van der Waals surface area contributed by atoms with Crippen molar-refractivity contribution in [1.29, 1.82) is 0 Å². The summed E-state index contributed by atoms with van der Waals surface area (Å²) in [6, 6.07) is 20.1. The maximum atomic E-state index is 9.57. The number of nitrogens with one attached hydrogen (secondary N) is 1. The van der Waals surface area contributed by atoms with Crippen molar-refractivity contribution in [3.05, 3.63) is 71.9 Å². The molecule has 2 aromatic carbocycles. The standard InChI is InChI=1S/C18H19N3O/c1-21(12-14-8-4-2-5-9-14)18-19-16(13-22)17(20-18)15-10-6-3-7-11-15/h2-11,22H,12-13H2,1H3,(H,19,20). The fraction of sp³-hybridized carbons (Fsp3) is 0.167. The lowest BCUT2D eigenvalue weighted by Gasteiger charge is -2.15. The van der Waals surface area contributed by atoms with E-state index in [0.29, 0.717) is 0 Å². The SMILES string of the molecule is CN(Cc1ccccc1)c1nc(-c2ccccc2)c(CO)[nH]1. The molecule has 0 unspecified atom stereocenters. The highest BCUT2D eigenvalue weighted by atomic mass is 16.3. The first-order valence-corrected chi connectivity index (χ1v) is 7.28. The summed E-state index contributed by atoms with van der Waals surface area (Å²) >= 11 is 0. The summed E-state index contributed by atoms with van der Waals surface area (Å²) in [4.78, 5) is 9.92. The predicted octanol–water partition coefficient (Wildman–Crippen LogP) is 3.21. The lowest BCUT2D eigenvalue weighted by Crippen LogP contribution is -2.17. The number of aliphatic hydroxyl groups is 1. The molecule has 1 heterocycles. The number of anilines is 1. The number of hydrogen-bond donors (Lipinski definition) is 2. The summed E-state index contributed by atoms with van der Waals surface area (Å²) in [5.74, 6) is 0.756. The lowest BCUT2D eigenvalue weighted by atomic mass is 10.1. The molecular weight excluding hydrogens is 274 g/mol. The van der Waals surface area contributed by atoms with Crippen molar-refractivity contribution in [3.63, 3.8) is 0 Å². The van der Waals surface area contributed by atoms with Crippen LogP contribution < -0.4 is 4.90 Å². The highest BCUT2D eigenvalue weighted by molar-refractivity contribution is 5.64. The Labute approximate surface area is 130 Å². The minimum atomic E-state index is -0.0591. The monoisotopic (exact) mass is 293 g/mol. The smallest absolute Gasteiger partial charge is 0.203 e. The van der Waals surface area contributed by atoms with Crippen molar-refractivity contribution in [1.82, 2.24) is 9.97 Å². The van der Waals surface area contributed by atoms with Crippen molar-refractivity contribution < 1.29 is 5.11 Å². The number of nitrogens with zero attached hydrogens (tertiary/aromatic N) is 2. The van der Waals surface area contributed by atoms with E-state index in [0.717, 1.165) is 29.4 Å². The molecule has 4 nitrogen and oxygen atoms in total. The quantitative estimate of drug-likeness (QED) is 0.759. The Morgan fingerprint density at radius 2 is 1.64 bits per heavy atom. The van der Waals surface area contributed by atoms with Gasteiger partial charge in [-0.1, -0.05) is 60.7 Å². The zero-order chi connectivity index (χ0) is 15.4. The van der Waals surface area contributed by atoms with Crippen LogP contribution in [0.4, 0.5) is 5.95 Å². The topological polar surface area (TPSA) is 52.1 Å². The Morgan fingerprint density at radius 1 is 1.00 bits per heavy atom. The van der Waals surface area contributed by atoms with Crippen LogP contribution in [0, 0.1) is 0 Å². The molecule has 2 N–H and O–H groups in total. The molecule has 0 spiro atoms. The summed E-state index contributed by atoms with van der Waals surface area (Å²) in [7, 11) is 1.99. The van der Waals surface area contributed by atoms with Gasteiger partial charge >= 0.3 is 0 Å². The second kappa shape index (κ2) is 6.45. The van der Waals surface area contributed by atoms with Gasteiger partial charge in [-0.3, -0.25) is 0 Å². The average molecular weight is 293 g/mol. The summed E-state index contributed by atoms with van der Waals surface area (Å²) < 4.78 is 0. The highest BCUT2D eigenvalue weighted by Crippen LogP contribution is 2.25. The van der Waals surface area contributed by atoms with Crippen molar-refractivity contribution in [2.75, 3.05) is 11.9 Å². The Hall–Kier alpha value is -2.59. The van der Waals surface area contributed by atoms with Crippen molar-refractivity contribution in [3.8, 4) is 11.3 Å². The number of aromatic amines is 1. The van der Waals surface area contributed by atoms with Crippen LogP contribution in [0.1, 0.15) is 11.3 Å². The van der Waals surface area contributed by atoms with E-state index in [1.54, 1.807) is 0 Å². The van der Waals surface area contributed by atoms with Crippen molar-refractivity contribution in [2.45, 2.75) is 13.2 Å². The van der Waals surface area contributed by atoms with Gasteiger partial charge in [-0.2, -0.15) is 0 Å². The van der Waals surface area contributed by atoms with Crippen LogP contribution >= 0.6 is 0 Å². The summed E-state index contributed by atoms with van der Waals surface area (Å²) in [6.07, 6.45) is 0. The molecule has 4 heteroatoms. The van der Waals surface area contributed by atoms with Crippen molar-refractivity contribution >= 4 is 5.95 Å². The minimum absolute atomic E-state index is 0.0591. The summed E-state index contributed by atoms with van der Waals surface area (Å²) in [6.45, 7) is 0.698. The molecule has 22 heavy (non-hydrogen) atoms. The first-order chi connectivity index (χ1) is 10.8. The van der Waals surface area contributed by atoms with E-state index in [1.807, 2.05) is 60.5 Å². The molecule has 0 saturated heterocycles. The lowest BCUT2D eigenvalue weighted by molar-refractivity contribution is 0.278. The second-order valence-electron chi connectivity index (χ2n) is 5.25. The van der Waals surface area contributed by atoms with Crippen LogP contribution in [0.3, 0.4) is 0 Å². The maximum absolute atomic E-state index is 9.57. The first kappa shape index (κ1) is 14.4. The van der Waals surface area contributed by atoms with E-state index in [4.69, 9.17) is 0 Å². The third-order valence-electron chi connectivity index (χ3n) is 3.60. The fourth-order valence-corrected chi connectivity index (χ4v) is 2.46. The number of aliphatic hydroxyl groups excluding tert-OH is 1. The van der Waals surface area contributed by atoms with E-state index in [1.165, 1.54) is 5.56 Å². The molecule has 0 atom stereocenters. The van der Waals surface area contributed by atoms with Crippen LogP contribution in [0.5, 0.6) is 0 Å². The Balaban J connectivity index is 1.87. The van der Waals surface area contributed by atoms with Crippen LogP contribution in [-0.2, 0) is 13.2 Å². The third kappa shape index (κ3) is 3.02. The maximum Gasteiger partial charge on any atom is 0.203 e. The number of benzene rings is 2. The normalized spacial score (nSPS) is 10.6. The average Bonchev–Trinajstić information content (AvgIpc) is 3.01. The summed E-state index contributed by atoms with van der Waals surface area (Å²) in [5.41, 5.74) is 3.76. The fourth-order valence-electron chi connectivity index (χ4n) is 2.46. The third-order valence-corrected chi connectivity index (χ3v) is 3.60. The van der Waals surface area contributed by atoms with Crippen LogP contribution in [0.2, 0.25) is 0 Å². The molecule has 0 saturated carbocycles. The molecule has 0 radical (unpaired) electrons. The van der Waals surface area contributed by atoms with Gasteiger partial charge < -0.3 is 15.0 Å². The molecule has 0 aliphatic rings. The van der Waals surface area contributed by atoms with Gasteiger partial charge in [0.05, 0.1) is 18.0 Å². The molecule has 112 valence electrons. The van der Waals surface area contributed by atoms with Gasteiger partial charge in [0, 0.05) is 19.2 Å². The van der Waals surface area contributed by atoms with Gasteiger partial charge in [-0.25, -0.2) is 4.98 Å². The van der Waals surface area contributed by atoms with Gasteiger partial charge in [0.2, 0.25) is 5.95 Å². The van der Waals surface area contributed by atoms with E-state index < -0.39 is 0 Å². The number of imidazole rings is 1. The molecule has 0 bridgehead atoms. The van der Waals surface area contributed by atoms with E-state index in [-0.39, 0.29) is 6.61 Å². The molecule has 0 amide bonds. The Morgan fingerprint density at radius 3 is 2.27 bits per heavy atom. The van der Waals surface area contributed by atoms with Gasteiger partial charge in [-0.05, 0) is 5.56 Å². The van der Waals surface area contributed by atoms with Crippen LogP contribution in [0.25, 0.3) is 11.3 Å². The largest absolute Gasteiger partial charge is 0.390 e. The molecule has 0 aliphatic heterocycles. The number of H-pyrrole nitrogens is 1. The summed E-state index contributed by atoms with van der Waals surface area (Å²) in [5, 5.41) is 9.57. The Bertz CT molecular complexity index is 723. The van der Waals surface area contributed by atoms with Gasteiger partial charge in [-0.15, -0.1) is 0 Å². The molecule has 0 fully saturated rings. The zero-order valence-electron chi connectivity index (χ0n) is 12.5. The Kier molecular flexibility index (Phi) is 4.21. The zero-order valence-corrected chi connectivity index (χ0v) is 12.5. The van der Waals surface area contributed by atoms with E-state index in [2.05, 4.69) is 22.1 Å². The molecule has 1 aromatic heterocycles. The second-order valence-corrected chi connectivity index (χ2v) is 5.25. The van der Waals surface area contributed by atoms with E-state index in [9.17, 15) is 5.11 Å². The van der Waals surface area contributed by atoms with E-state index >= 15 is 0 Å².